The van der Waals surface area contributed by atoms with E-state index in [1.807, 2.05) is 12.1 Å². The van der Waals surface area contributed by atoms with Crippen molar-refractivity contribution < 1.29 is 0 Å². The van der Waals surface area contributed by atoms with E-state index in [-0.39, 0.29) is 0 Å². The molecule has 1 aromatic carbocycles. The van der Waals surface area contributed by atoms with Crippen LogP contribution < -0.4 is 5.73 Å². The fourth-order valence-corrected chi connectivity index (χ4v) is 3.66. The smallest absolute Gasteiger partial charge is 0.0406 e. The van der Waals surface area contributed by atoms with Crippen LogP contribution in [0, 0.1) is 5.92 Å². The molecule has 0 heterocycles. The molecule has 0 amide bonds. The molecular weight excluding hydrogens is 280 g/mol. The van der Waals surface area contributed by atoms with Crippen LogP contribution in [0.1, 0.15) is 57.1 Å². The molecule has 2 unspecified atom stereocenters. The summed E-state index contributed by atoms with van der Waals surface area (Å²) in [7, 11) is 2.21. The Morgan fingerprint density at radius 1 is 1.19 bits per heavy atom. The van der Waals surface area contributed by atoms with Crippen LogP contribution in [-0.2, 0) is 0 Å². The largest absolute Gasteiger partial charge is 0.329 e. The number of likely N-dealkylation sites (N-methyl/N-ethyl adjacent to an activating group) is 1. The minimum Gasteiger partial charge on any atom is -0.329 e. The van der Waals surface area contributed by atoms with Crippen molar-refractivity contribution in [3.63, 3.8) is 0 Å². The van der Waals surface area contributed by atoms with Gasteiger partial charge in [0.15, 0.2) is 0 Å². The van der Waals surface area contributed by atoms with Gasteiger partial charge in [-0.25, -0.2) is 0 Å². The van der Waals surface area contributed by atoms with Crippen LogP contribution in [0.4, 0.5) is 0 Å². The Morgan fingerprint density at radius 3 is 2.38 bits per heavy atom. The van der Waals surface area contributed by atoms with E-state index in [4.69, 9.17) is 17.3 Å². The zero-order chi connectivity index (χ0) is 15.2. The minimum absolute atomic E-state index is 0.374. The fourth-order valence-electron chi connectivity index (χ4n) is 3.53. The van der Waals surface area contributed by atoms with Crippen LogP contribution in [0.15, 0.2) is 24.3 Å². The second-order valence-corrected chi connectivity index (χ2v) is 6.96. The van der Waals surface area contributed by atoms with E-state index in [2.05, 4.69) is 31.0 Å². The highest BCUT2D eigenvalue weighted by atomic mass is 35.5. The molecule has 21 heavy (non-hydrogen) atoms. The molecule has 0 bridgehead atoms. The van der Waals surface area contributed by atoms with Crippen molar-refractivity contribution in [3.05, 3.63) is 34.9 Å². The predicted octanol–water partition coefficient (Wildman–Crippen LogP) is 4.63. The van der Waals surface area contributed by atoms with E-state index in [0.717, 1.165) is 17.5 Å². The Bertz CT molecular complexity index is 412. The molecule has 0 aliphatic heterocycles. The van der Waals surface area contributed by atoms with E-state index in [9.17, 15) is 0 Å². The van der Waals surface area contributed by atoms with Crippen molar-refractivity contribution in [1.29, 1.82) is 0 Å². The number of nitrogens with two attached hydrogens (primary N) is 1. The van der Waals surface area contributed by atoms with Crippen LogP contribution in [0.25, 0.3) is 0 Å². The Labute approximate surface area is 134 Å². The lowest BCUT2D eigenvalue weighted by molar-refractivity contribution is 0.151. The molecule has 1 saturated carbocycles. The minimum atomic E-state index is 0.374. The average Bonchev–Trinajstić information content (AvgIpc) is 2.53. The third-order valence-corrected chi connectivity index (χ3v) is 5.39. The van der Waals surface area contributed by atoms with Gasteiger partial charge in [0.25, 0.3) is 0 Å². The first kappa shape index (κ1) is 16.8. The first-order chi connectivity index (χ1) is 10.1. The third kappa shape index (κ3) is 4.70. The number of hydrogen-bond acceptors (Lipinski definition) is 2. The van der Waals surface area contributed by atoms with Gasteiger partial charge in [-0.3, -0.25) is 4.90 Å². The van der Waals surface area contributed by atoms with Gasteiger partial charge in [-0.15, -0.1) is 0 Å². The maximum Gasteiger partial charge on any atom is 0.0406 e. The maximum atomic E-state index is 6.07. The first-order valence-corrected chi connectivity index (χ1v) is 8.67. The van der Waals surface area contributed by atoms with Crippen LogP contribution in [0.3, 0.4) is 0 Å². The summed E-state index contributed by atoms with van der Waals surface area (Å²) in [5.74, 6) is 0.868. The van der Waals surface area contributed by atoms with E-state index >= 15 is 0 Å². The number of nitrogens with zero attached hydrogens (tertiary/aromatic N) is 1. The van der Waals surface area contributed by atoms with Crippen molar-refractivity contribution >= 4 is 11.6 Å². The zero-order valence-electron chi connectivity index (χ0n) is 13.4. The lowest BCUT2D eigenvalue weighted by Crippen LogP contribution is -2.41. The molecule has 2 N–H and O–H groups in total. The lowest BCUT2D eigenvalue weighted by atomic mass is 9.84. The van der Waals surface area contributed by atoms with Gasteiger partial charge < -0.3 is 5.73 Å². The normalized spacial score (nSPS) is 19.7. The molecule has 1 aromatic rings. The van der Waals surface area contributed by atoms with E-state index in [1.54, 1.807) is 0 Å². The highest BCUT2D eigenvalue weighted by Gasteiger charge is 2.24. The molecule has 1 fully saturated rings. The Morgan fingerprint density at radius 2 is 1.81 bits per heavy atom. The maximum absolute atomic E-state index is 6.07. The number of rotatable bonds is 6. The molecule has 118 valence electrons. The summed E-state index contributed by atoms with van der Waals surface area (Å²) in [6.45, 7) is 3.00. The first-order valence-electron chi connectivity index (χ1n) is 8.29. The van der Waals surface area contributed by atoms with Gasteiger partial charge in [-0.1, -0.05) is 55.8 Å². The highest BCUT2D eigenvalue weighted by Crippen LogP contribution is 2.30. The highest BCUT2D eigenvalue weighted by molar-refractivity contribution is 6.30. The van der Waals surface area contributed by atoms with Gasteiger partial charge in [0.2, 0.25) is 0 Å². The van der Waals surface area contributed by atoms with Gasteiger partial charge in [0.1, 0.15) is 0 Å². The molecule has 2 atom stereocenters. The van der Waals surface area contributed by atoms with Crippen molar-refractivity contribution in [1.82, 2.24) is 4.90 Å². The van der Waals surface area contributed by atoms with Gasteiger partial charge in [0, 0.05) is 23.7 Å². The molecule has 0 saturated heterocycles. The summed E-state index contributed by atoms with van der Waals surface area (Å²) in [6.07, 6.45) is 8.24. The molecular formula is C18H29ClN2. The van der Waals surface area contributed by atoms with E-state index in [1.165, 1.54) is 44.1 Å². The monoisotopic (exact) mass is 308 g/mol. The molecule has 2 rings (SSSR count). The molecule has 3 heteroatoms. The molecule has 2 nitrogen and oxygen atoms in total. The second-order valence-electron chi connectivity index (χ2n) is 6.52. The average molecular weight is 309 g/mol. The summed E-state index contributed by atoms with van der Waals surface area (Å²) in [4.78, 5) is 2.44. The predicted molar refractivity (Wildman–Crippen MR) is 91.7 cm³/mol. The van der Waals surface area contributed by atoms with Gasteiger partial charge >= 0.3 is 0 Å². The van der Waals surface area contributed by atoms with E-state index in [0.29, 0.717) is 12.1 Å². The third-order valence-electron chi connectivity index (χ3n) is 5.14. The quantitative estimate of drug-likeness (QED) is 0.830. The Kier molecular flexibility index (Phi) is 6.53. The zero-order valence-corrected chi connectivity index (χ0v) is 14.1. The fraction of sp³-hybridized carbons (Fsp3) is 0.667. The molecule has 0 spiro atoms. The summed E-state index contributed by atoms with van der Waals surface area (Å²) >= 11 is 5.98. The molecule has 0 radical (unpaired) electrons. The summed E-state index contributed by atoms with van der Waals surface area (Å²) in [5.41, 5.74) is 7.38. The molecule has 1 aliphatic carbocycles. The number of halogens is 1. The van der Waals surface area contributed by atoms with Crippen molar-refractivity contribution in [3.8, 4) is 0 Å². The molecule has 0 aromatic heterocycles. The standard InChI is InChI=1S/C18H29ClN2/c1-14(16-8-10-17(19)11-9-16)21(2)18(13-20)12-15-6-4-3-5-7-15/h8-11,14-15,18H,3-7,12-13,20H2,1-2H3. The van der Waals surface area contributed by atoms with Gasteiger partial charge in [-0.2, -0.15) is 0 Å². The van der Waals surface area contributed by atoms with Crippen molar-refractivity contribution in [2.45, 2.75) is 57.5 Å². The summed E-state index contributed by atoms with van der Waals surface area (Å²) in [6, 6.07) is 9.04. The van der Waals surface area contributed by atoms with E-state index < -0.39 is 0 Å². The van der Waals surface area contributed by atoms with Crippen LogP contribution >= 0.6 is 11.6 Å². The summed E-state index contributed by atoms with van der Waals surface area (Å²) in [5, 5.41) is 0.797. The summed E-state index contributed by atoms with van der Waals surface area (Å²) < 4.78 is 0. The lowest BCUT2D eigenvalue weighted by Gasteiger charge is -2.36. The van der Waals surface area contributed by atoms with Crippen LogP contribution in [0.5, 0.6) is 0 Å². The SMILES string of the molecule is CC(c1ccc(Cl)cc1)N(C)C(CN)CC1CCCCC1. The Hall–Kier alpha value is -0.570. The number of hydrogen-bond donors (Lipinski definition) is 1. The number of benzene rings is 1. The van der Waals surface area contributed by atoms with Crippen LogP contribution in [-0.4, -0.2) is 24.5 Å². The van der Waals surface area contributed by atoms with Crippen molar-refractivity contribution in [2.75, 3.05) is 13.6 Å². The topological polar surface area (TPSA) is 29.3 Å². The second kappa shape index (κ2) is 8.17. The van der Waals surface area contributed by atoms with Gasteiger partial charge in [0.05, 0.1) is 0 Å². The van der Waals surface area contributed by atoms with Crippen LogP contribution in [0.2, 0.25) is 5.02 Å². The van der Waals surface area contributed by atoms with Gasteiger partial charge in [-0.05, 0) is 44.0 Å². The van der Waals surface area contributed by atoms with Crippen molar-refractivity contribution in [2.24, 2.45) is 11.7 Å². The Balaban J connectivity index is 1.97. The molecule has 1 aliphatic rings.